The van der Waals surface area contributed by atoms with Gasteiger partial charge in [0, 0.05) is 24.7 Å². The summed E-state index contributed by atoms with van der Waals surface area (Å²) in [6.07, 6.45) is 0. The highest BCUT2D eigenvalue weighted by Crippen LogP contribution is 2.31. The van der Waals surface area contributed by atoms with Gasteiger partial charge >= 0.3 is 0 Å². The first-order chi connectivity index (χ1) is 10.0. The molecule has 2 heterocycles. The summed E-state index contributed by atoms with van der Waals surface area (Å²) < 4.78 is 5.30. The van der Waals surface area contributed by atoms with Crippen LogP contribution in [0.25, 0.3) is 11.5 Å². The van der Waals surface area contributed by atoms with E-state index in [9.17, 15) is 5.11 Å². The van der Waals surface area contributed by atoms with E-state index < -0.39 is 0 Å². The van der Waals surface area contributed by atoms with Crippen LogP contribution in [0.3, 0.4) is 0 Å². The highest BCUT2D eigenvalue weighted by atomic mass is 35.5. The Morgan fingerprint density at radius 1 is 1.33 bits per heavy atom. The van der Waals surface area contributed by atoms with Crippen molar-refractivity contribution in [3.8, 4) is 17.2 Å². The van der Waals surface area contributed by atoms with E-state index in [1.807, 2.05) is 7.05 Å². The van der Waals surface area contributed by atoms with Crippen molar-refractivity contribution in [1.29, 1.82) is 0 Å². The van der Waals surface area contributed by atoms with E-state index >= 15 is 0 Å². The molecular weight excluding hydrogens is 292 g/mol. The first-order valence-corrected chi connectivity index (χ1v) is 7.13. The quantitative estimate of drug-likeness (QED) is 0.915. The Morgan fingerprint density at radius 3 is 2.90 bits per heavy atom. The Kier molecular flexibility index (Phi) is 3.84. The molecule has 1 saturated heterocycles. The van der Waals surface area contributed by atoms with Crippen molar-refractivity contribution in [1.82, 2.24) is 19.9 Å². The van der Waals surface area contributed by atoms with Crippen LogP contribution in [0.5, 0.6) is 5.75 Å². The Bertz CT molecular complexity index is 646. The molecule has 1 atom stereocenters. The van der Waals surface area contributed by atoms with Crippen molar-refractivity contribution in [2.75, 3.05) is 33.7 Å². The van der Waals surface area contributed by atoms with Crippen molar-refractivity contribution >= 4 is 11.6 Å². The Balaban J connectivity index is 1.89. The molecule has 1 fully saturated rings. The number of nitrogens with zero attached hydrogens (tertiary/aromatic N) is 4. The molecule has 2 aromatic rings. The third kappa shape index (κ3) is 2.88. The molecule has 6 nitrogen and oxygen atoms in total. The molecule has 1 aliphatic heterocycles. The van der Waals surface area contributed by atoms with Crippen LogP contribution >= 0.6 is 11.6 Å². The Morgan fingerprint density at radius 2 is 2.14 bits per heavy atom. The number of halogens is 1. The lowest BCUT2D eigenvalue weighted by atomic mass is 10.1. The van der Waals surface area contributed by atoms with Gasteiger partial charge in [0.05, 0.1) is 11.6 Å². The van der Waals surface area contributed by atoms with Gasteiger partial charge in [-0.3, -0.25) is 4.90 Å². The molecule has 0 spiro atoms. The summed E-state index contributed by atoms with van der Waals surface area (Å²) in [4.78, 5) is 8.87. The van der Waals surface area contributed by atoms with Gasteiger partial charge in [0.15, 0.2) is 5.82 Å². The van der Waals surface area contributed by atoms with Crippen molar-refractivity contribution in [2.45, 2.75) is 6.04 Å². The average Bonchev–Trinajstić information content (AvgIpc) is 2.91. The Labute approximate surface area is 127 Å². The number of rotatable bonds is 2. The molecule has 0 saturated carbocycles. The summed E-state index contributed by atoms with van der Waals surface area (Å²) in [5.74, 6) is 0.973. The molecule has 0 amide bonds. The molecule has 7 heteroatoms. The van der Waals surface area contributed by atoms with Gasteiger partial charge in [-0.2, -0.15) is 4.98 Å². The number of benzene rings is 1. The second-order valence-electron chi connectivity index (χ2n) is 5.38. The molecule has 1 unspecified atom stereocenters. The van der Waals surface area contributed by atoms with E-state index in [0.717, 1.165) is 19.6 Å². The van der Waals surface area contributed by atoms with Gasteiger partial charge in [0.25, 0.3) is 5.89 Å². The minimum atomic E-state index is 0.0341. The third-order valence-electron chi connectivity index (χ3n) is 3.78. The maximum absolute atomic E-state index is 9.93. The topological polar surface area (TPSA) is 65.6 Å². The maximum Gasteiger partial charge on any atom is 0.261 e. The minimum absolute atomic E-state index is 0.0341. The predicted octanol–water partition coefficient (Wildman–Crippen LogP) is 2.01. The standard InChI is InChI=1S/C14H17ClN4O2/c1-18-5-6-19(2)11(8-18)13-16-14(21-17-13)10-4-3-9(15)7-12(10)20/h3-4,7,11,20H,5-6,8H2,1-2H3. The number of aromatic nitrogens is 2. The Hall–Kier alpha value is -1.63. The third-order valence-corrected chi connectivity index (χ3v) is 4.02. The summed E-state index contributed by atoms with van der Waals surface area (Å²) in [6, 6.07) is 4.91. The molecule has 1 aromatic heterocycles. The van der Waals surface area contributed by atoms with E-state index in [-0.39, 0.29) is 11.8 Å². The van der Waals surface area contributed by atoms with E-state index in [1.54, 1.807) is 12.1 Å². The highest BCUT2D eigenvalue weighted by Gasteiger charge is 2.28. The fourth-order valence-corrected chi connectivity index (χ4v) is 2.62. The smallest absolute Gasteiger partial charge is 0.261 e. The van der Waals surface area contributed by atoms with Gasteiger partial charge < -0.3 is 14.5 Å². The lowest BCUT2D eigenvalue weighted by molar-refractivity contribution is 0.108. The molecule has 1 aromatic carbocycles. The summed E-state index contributed by atoms with van der Waals surface area (Å²) in [7, 11) is 4.12. The highest BCUT2D eigenvalue weighted by molar-refractivity contribution is 6.30. The summed E-state index contributed by atoms with van der Waals surface area (Å²) in [5.41, 5.74) is 0.491. The molecular formula is C14H17ClN4O2. The lowest BCUT2D eigenvalue weighted by Gasteiger charge is -2.35. The molecule has 1 aliphatic rings. The van der Waals surface area contributed by atoms with Crippen LogP contribution in [0.4, 0.5) is 0 Å². The van der Waals surface area contributed by atoms with E-state index in [0.29, 0.717) is 22.3 Å². The van der Waals surface area contributed by atoms with Crippen LogP contribution in [0, 0.1) is 0 Å². The number of hydrogen-bond acceptors (Lipinski definition) is 6. The zero-order chi connectivity index (χ0) is 15.0. The SMILES string of the molecule is CN1CCN(C)C(c2noc(-c3ccc(Cl)cc3O)n2)C1. The molecule has 0 aliphatic carbocycles. The summed E-state index contributed by atoms with van der Waals surface area (Å²) >= 11 is 5.83. The average molecular weight is 309 g/mol. The van der Waals surface area contributed by atoms with Crippen molar-refractivity contribution in [3.63, 3.8) is 0 Å². The first-order valence-electron chi connectivity index (χ1n) is 6.76. The molecule has 0 radical (unpaired) electrons. The van der Waals surface area contributed by atoms with Gasteiger partial charge in [-0.05, 0) is 32.3 Å². The van der Waals surface area contributed by atoms with Crippen molar-refractivity contribution in [3.05, 3.63) is 29.0 Å². The number of likely N-dealkylation sites (N-methyl/N-ethyl adjacent to an activating group) is 2. The van der Waals surface area contributed by atoms with Gasteiger partial charge in [0.1, 0.15) is 5.75 Å². The molecule has 1 N–H and O–H groups in total. The number of hydrogen-bond donors (Lipinski definition) is 1. The van der Waals surface area contributed by atoms with Crippen molar-refractivity contribution in [2.24, 2.45) is 0 Å². The van der Waals surface area contributed by atoms with Crippen LogP contribution in [0.15, 0.2) is 22.7 Å². The minimum Gasteiger partial charge on any atom is -0.507 e. The van der Waals surface area contributed by atoms with Gasteiger partial charge in [-0.1, -0.05) is 16.8 Å². The van der Waals surface area contributed by atoms with E-state index in [2.05, 4.69) is 27.0 Å². The largest absolute Gasteiger partial charge is 0.507 e. The lowest BCUT2D eigenvalue weighted by Crippen LogP contribution is -2.45. The van der Waals surface area contributed by atoms with Gasteiger partial charge in [-0.15, -0.1) is 0 Å². The predicted molar refractivity (Wildman–Crippen MR) is 79.3 cm³/mol. The zero-order valence-corrected chi connectivity index (χ0v) is 12.7. The molecule has 112 valence electrons. The first kappa shape index (κ1) is 14.3. The normalized spacial score (nSPS) is 20.8. The number of phenolic OH excluding ortho intramolecular Hbond substituents is 1. The van der Waals surface area contributed by atoms with Crippen molar-refractivity contribution < 1.29 is 9.63 Å². The number of aromatic hydroxyl groups is 1. The number of phenols is 1. The maximum atomic E-state index is 9.93. The van der Waals surface area contributed by atoms with Crippen LogP contribution in [0.1, 0.15) is 11.9 Å². The van der Waals surface area contributed by atoms with Crippen LogP contribution in [-0.2, 0) is 0 Å². The van der Waals surface area contributed by atoms with Crippen LogP contribution < -0.4 is 0 Å². The van der Waals surface area contributed by atoms with Crippen LogP contribution in [0.2, 0.25) is 5.02 Å². The van der Waals surface area contributed by atoms with Crippen LogP contribution in [-0.4, -0.2) is 58.8 Å². The zero-order valence-electron chi connectivity index (χ0n) is 12.0. The van der Waals surface area contributed by atoms with E-state index in [1.165, 1.54) is 6.07 Å². The summed E-state index contributed by atoms with van der Waals surface area (Å²) in [5, 5.41) is 14.5. The second kappa shape index (κ2) is 5.63. The molecule has 0 bridgehead atoms. The molecule has 21 heavy (non-hydrogen) atoms. The fraction of sp³-hybridized carbons (Fsp3) is 0.429. The van der Waals surface area contributed by atoms with Gasteiger partial charge in [-0.25, -0.2) is 0 Å². The second-order valence-corrected chi connectivity index (χ2v) is 5.81. The van der Waals surface area contributed by atoms with E-state index in [4.69, 9.17) is 16.1 Å². The monoisotopic (exact) mass is 308 g/mol. The fourth-order valence-electron chi connectivity index (χ4n) is 2.45. The molecule has 3 rings (SSSR count). The van der Waals surface area contributed by atoms with Gasteiger partial charge in [0.2, 0.25) is 0 Å². The summed E-state index contributed by atoms with van der Waals surface area (Å²) in [6.45, 7) is 2.83. The number of piperazine rings is 1.